The lowest BCUT2D eigenvalue weighted by atomic mass is 9.58. The van der Waals surface area contributed by atoms with Crippen LogP contribution < -0.4 is 5.73 Å². The summed E-state index contributed by atoms with van der Waals surface area (Å²) in [6.45, 7) is 5.26. The predicted molar refractivity (Wildman–Crippen MR) is 109 cm³/mol. The summed E-state index contributed by atoms with van der Waals surface area (Å²) in [5.41, 5.74) is 3.76. The number of rotatable bonds is 1. The van der Waals surface area contributed by atoms with E-state index in [9.17, 15) is 29.4 Å². The molecular weight excluding hydrogens is 416 g/mol. The van der Waals surface area contributed by atoms with Crippen LogP contribution in [-0.2, 0) is 4.74 Å². The summed E-state index contributed by atoms with van der Waals surface area (Å²) < 4.78 is 33.2. The number of nitrogens with two attached hydrogens (primary N) is 1. The van der Waals surface area contributed by atoms with Gasteiger partial charge in [-0.15, -0.1) is 0 Å². The molecule has 2 atom stereocenters. The van der Waals surface area contributed by atoms with E-state index in [-0.39, 0.29) is 29.9 Å². The minimum absolute atomic E-state index is 0.00597. The Morgan fingerprint density at radius 3 is 2.41 bits per heavy atom. The predicted octanol–water partition coefficient (Wildman–Crippen LogP) is 3.63. The van der Waals surface area contributed by atoms with E-state index in [2.05, 4.69) is 0 Å². The highest BCUT2D eigenvalue weighted by Crippen LogP contribution is 2.54. The molecule has 1 aromatic carbocycles. The van der Waals surface area contributed by atoms with Gasteiger partial charge in [0.15, 0.2) is 17.0 Å². The summed E-state index contributed by atoms with van der Waals surface area (Å²) >= 11 is 0. The highest BCUT2D eigenvalue weighted by Gasteiger charge is 2.55. The first-order chi connectivity index (χ1) is 15.0. The monoisotopic (exact) mass is 437 g/mol. The van der Waals surface area contributed by atoms with Crippen LogP contribution in [0.5, 0.6) is 0 Å². The van der Waals surface area contributed by atoms with Gasteiger partial charge < -0.3 is 15.4 Å². The van der Waals surface area contributed by atoms with Crippen LogP contribution in [0, 0.1) is 57.0 Å². The molecule has 9 heteroatoms. The Kier molecular flexibility index (Phi) is 5.68. The van der Waals surface area contributed by atoms with E-state index >= 15 is 0 Å². The van der Waals surface area contributed by atoms with Gasteiger partial charge in [-0.1, -0.05) is 12.1 Å². The molecule has 1 aromatic rings. The number of hydrogen-bond acceptors (Lipinski definition) is 6. The highest BCUT2D eigenvalue weighted by atomic mass is 19.2. The first-order valence-corrected chi connectivity index (χ1v) is 9.85. The van der Waals surface area contributed by atoms with Crippen molar-refractivity contribution >= 4 is 6.09 Å². The number of amides is 1. The average Bonchev–Trinajstić information content (AvgIpc) is 2.73. The van der Waals surface area contributed by atoms with Gasteiger partial charge >= 0.3 is 6.09 Å². The molecule has 164 valence electrons. The van der Waals surface area contributed by atoms with Crippen LogP contribution in [0.25, 0.3) is 0 Å². The fourth-order valence-electron chi connectivity index (χ4n) is 4.24. The molecule has 3 rings (SSSR count). The normalized spacial score (nSPS) is 22.1. The maximum Gasteiger partial charge on any atom is 0.410 e. The van der Waals surface area contributed by atoms with Gasteiger partial charge in [0, 0.05) is 24.9 Å². The lowest BCUT2D eigenvalue weighted by molar-refractivity contribution is 0.0224. The third kappa shape index (κ3) is 3.65. The van der Waals surface area contributed by atoms with E-state index in [1.54, 1.807) is 26.8 Å². The van der Waals surface area contributed by atoms with Crippen molar-refractivity contribution < 1.29 is 18.3 Å². The summed E-state index contributed by atoms with van der Waals surface area (Å²) in [6, 6.07) is 8.88. The molecule has 0 fully saturated rings. The second-order valence-electron chi connectivity index (χ2n) is 8.73. The summed E-state index contributed by atoms with van der Waals surface area (Å²) in [4.78, 5) is 14.1. The van der Waals surface area contributed by atoms with Crippen LogP contribution in [0.2, 0.25) is 0 Å². The molecule has 0 radical (unpaired) electrons. The maximum atomic E-state index is 14.1. The van der Waals surface area contributed by atoms with Crippen molar-refractivity contribution in [3.05, 3.63) is 58.3 Å². The van der Waals surface area contributed by atoms with Crippen LogP contribution >= 0.6 is 0 Å². The standard InChI is InChI=1S/C23H21F2N5O2/c1-22(2,3)32-21(31)30-7-6-14-15(9-26)20(29)23(11-27,12-28)19(16(14)10-30)13-4-5-17(24)18(25)8-13/h4-6,8,16,19H,7,10,29H2,1-3H3/t16-,19+/m0/s1. The molecule has 1 aliphatic carbocycles. The highest BCUT2D eigenvalue weighted by molar-refractivity contribution is 5.70. The van der Waals surface area contributed by atoms with Crippen LogP contribution in [0.1, 0.15) is 32.3 Å². The second-order valence-corrected chi connectivity index (χ2v) is 8.73. The first kappa shape index (κ1) is 22.8. The summed E-state index contributed by atoms with van der Waals surface area (Å²) in [6.07, 6.45) is 1.01. The minimum Gasteiger partial charge on any atom is -0.444 e. The van der Waals surface area contributed by atoms with Crippen LogP contribution in [0.15, 0.2) is 41.1 Å². The van der Waals surface area contributed by atoms with Gasteiger partial charge in [-0.05, 0) is 44.0 Å². The largest absolute Gasteiger partial charge is 0.444 e. The van der Waals surface area contributed by atoms with Crippen molar-refractivity contribution in [1.29, 1.82) is 15.8 Å². The van der Waals surface area contributed by atoms with E-state index in [1.165, 1.54) is 11.0 Å². The molecule has 1 heterocycles. The lowest BCUT2D eigenvalue weighted by Crippen LogP contribution is -2.50. The zero-order chi connectivity index (χ0) is 23.8. The zero-order valence-corrected chi connectivity index (χ0v) is 17.8. The van der Waals surface area contributed by atoms with Gasteiger partial charge in [0.25, 0.3) is 0 Å². The third-order valence-electron chi connectivity index (χ3n) is 5.62. The molecule has 2 N–H and O–H groups in total. The van der Waals surface area contributed by atoms with Crippen LogP contribution in [-0.4, -0.2) is 29.7 Å². The smallest absolute Gasteiger partial charge is 0.410 e. The number of carbonyl (C=O) groups excluding carboxylic acids is 1. The zero-order valence-electron chi connectivity index (χ0n) is 17.8. The first-order valence-electron chi connectivity index (χ1n) is 9.85. The van der Waals surface area contributed by atoms with Crippen molar-refractivity contribution in [1.82, 2.24) is 4.90 Å². The molecule has 2 aliphatic rings. The third-order valence-corrected chi connectivity index (χ3v) is 5.62. The number of ether oxygens (including phenoxy) is 1. The van der Waals surface area contributed by atoms with E-state index in [4.69, 9.17) is 10.5 Å². The Morgan fingerprint density at radius 2 is 1.88 bits per heavy atom. The van der Waals surface area contributed by atoms with Crippen molar-refractivity contribution in [2.24, 2.45) is 17.1 Å². The van der Waals surface area contributed by atoms with Gasteiger partial charge in [-0.25, -0.2) is 13.6 Å². The number of carbonyl (C=O) groups is 1. The van der Waals surface area contributed by atoms with Crippen molar-refractivity contribution in [2.75, 3.05) is 13.1 Å². The molecule has 1 aliphatic heterocycles. The number of benzene rings is 1. The molecule has 0 unspecified atom stereocenters. The quantitative estimate of drug-likeness (QED) is 0.715. The molecular formula is C23H21F2N5O2. The molecule has 7 nitrogen and oxygen atoms in total. The van der Waals surface area contributed by atoms with Crippen molar-refractivity contribution in [2.45, 2.75) is 32.3 Å². The van der Waals surface area contributed by atoms with Gasteiger partial charge in [0.2, 0.25) is 0 Å². The van der Waals surface area contributed by atoms with Gasteiger partial charge in [-0.3, -0.25) is 0 Å². The average molecular weight is 437 g/mol. The van der Waals surface area contributed by atoms with Crippen LogP contribution in [0.3, 0.4) is 0 Å². The summed E-state index contributed by atoms with van der Waals surface area (Å²) in [5, 5.41) is 29.7. The molecule has 1 amide bonds. The fraction of sp³-hybridized carbons (Fsp3) is 0.391. The molecule has 0 saturated heterocycles. The number of hydrogen-bond donors (Lipinski definition) is 1. The van der Waals surface area contributed by atoms with Crippen LogP contribution in [0.4, 0.5) is 13.6 Å². The summed E-state index contributed by atoms with van der Waals surface area (Å²) in [5.74, 6) is -4.03. The number of allylic oxidation sites excluding steroid dienone is 2. The lowest BCUT2D eigenvalue weighted by Gasteiger charge is -2.45. The Labute approximate surface area is 184 Å². The van der Waals surface area contributed by atoms with E-state index in [1.807, 2.05) is 18.2 Å². The Morgan fingerprint density at radius 1 is 1.22 bits per heavy atom. The SMILES string of the molecule is CC(C)(C)OC(=O)N1CC=C2C(C#N)=C(N)C(C#N)(C#N)[C@H](c3ccc(F)c(F)c3)[C@H]2C1. The van der Waals surface area contributed by atoms with E-state index < -0.39 is 40.6 Å². The molecule has 0 saturated carbocycles. The minimum atomic E-state index is -2.02. The molecule has 0 aromatic heterocycles. The van der Waals surface area contributed by atoms with E-state index in [0.717, 1.165) is 12.1 Å². The number of halogens is 2. The van der Waals surface area contributed by atoms with Crippen molar-refractivity contribution in [3.8, 4) is 18.2 Å². The summed E-state index contributed by atoms with van der Waals surface area (Å²) in [7, 11) is 0. The van der Waals surface area contributed by atoms with Crippen molar-refractivity contribution in [3.63, 3.8) is 0 Å². The number of nitrogens with zero attached hydrogens (tertiary/aromatic N) is 4. The van der Waals surface area contributed by atoms with Gasteiger partial charge in [0.05, 0.1) is 23.4 Å². The maximum absolute atomic E-state index is 14.1. The second kappa shape index (κ2) is 7.98. The fourth-order valence-corrected chi connectivity index (χ4v) is 4.24. The topological polar surface area (TPSA) is 127 Å². The molecule has 32 heavy (non-hydrogen) atoms. The van der Waals surface area contributed by atoms with Gasteiger partial charge in [0.1, 0.15) is 11.7 Å². The Hall–Kier alpha value is -3.90. The van der Waals surface area contributed by atoms with Gasteiger partial charge in [-0.2, -0.15) is 15.8 Å². The number of fused-ring (bicyclic) bond motifs is 1. The molecule has 0 bridgehead atoms. The Bertz CT molecular complexity index is 1150. The molecule has 0 spiro atoms. The number of nitriles is 3. The Balaban J connectivity index is 2.21. The van der Waals surface area contributed by atoms with E-state index in [0.29, 0.717) is 5.57 Å².